The van der Waals surface area contributed by atoms with E-state index in [-0.39, 0.29) is 12.1 Å². The van der Waals surface area contributed by atoms with Crippen molar-refractivity contribution in [2.24, 2.45) is 0 Å². The first kappa shape index (κ1) is 18.9. The molecule has 4 rings (SSSR count). The summed E-state index contributed by atoms with van der Waals surface area (Å²) >= 11 is 1.46. The zero-order chi connectivity index (χ0) is 20.2. The van der Waals surface area contributed by atoms with Crippen molar-refractivity contribution in [1.82, 2.24) is 24.3 Å². The number of thioether (sulfide) groups is 1. The minimum Gasteiger partial charge on any atom is -0.302 e. The van der Waals surface area contributed by atoms with Crippen LogP contribution >= 0.6 is 11.8 Å². The van der Waals surface area contributed by atoms with E-state index >= 15 is 0 Å². The second kappa shape index (κ2) is 8.29. The van der Waals surface area contributed by atoms with E-state index in [9.17, 15) is 4.79 Å². The zero-order valence-corrected chi connectivity index (χ0v) is 16.6. The lowest BCUT2D eigenvalue weighted by molar-refractivity contribution is 0.685. The second-order valence-corrected chi connectivity index (χ2v) is 7.43. The van der Waals surface area contributed by atoms with E-state index in [2.05, 4.69) is 33.4 Å². The molecule has 2 aromatic heterocycles. The molecular weight excluding hydrogens is 384 g/mol. The maximum atomic E-state index is 12.8. The summed E-state index contributed by atoms with van der Waals surface area (Å²) in [7, 11) is 0. The Hall–Kier alpha value is -3.44. The van der Waals surface area contributed by atoms with E-state index in [1.54, 1.807) is 12.1 Å². The summed E-state index contributed by atoms with van der Waals surface area (Å²) in [6.45, 7) is 2.54. The van der Waals surface area contributed by atoms with Crippen molar-refractivity contribution in [2.45, 2.75) is 30.9 Å². The Bertz CT molecular complexity index is 1260. The van der Waals surface area contributed by atoms with Gasteiger partial charge in [0, 0.05) is 0 Å². The van der Waals surface area contributed by atoms with Gasteiger partial charge in [-0.2, -0.15) is 5.26 Å². The Morgan fingerprint density at radius 1 is 1.03 bits per heavy atom. The standard InChI is InChI=1S/C21H18N6OS/c1-15-24-25-21(27(15)13-16-7-3-2-4-8-16)29-14-19-23-18-10-6-5-9-17(18)20(28)26(19)12-11-22/h2-10H,12-14H2,1H3. The maximum absolute atomic E-state index is 12.8. The Morgan fingerprint density at radius 3 is 2.59 bits per heavy atom. The van der Waals surface area contributed by atoms with Crippen LogP contribution in [-0.2, 0) is 18.8 Å². The zero-order valence-electron chi connectivity index (χ0n) is 15.8. The Balaban J connectivity index is 1.65. The van der Waals surface area contributed by atoms with Gasteiger partial charge in [-0.3, -0.25) is 9.36 Å². The molecule has 2 heterocycles. The third-order valence-electron chi connectivity index (χ3n) is 4.59. The van der Waals surface area contributed by atoms with E-state index in [1.807, 2.05) is 41.8 Å². The topological polar surface area (TPSA) is 89.4 Å². The number of para-hydroxylation sites is 1. The average molecular weight is 402 g/mol. The van der Waals surface area contributed by atoms with Crippen LogP contribution in [0.3, 0.4) is 0 Å². The fourth-order valence-corrected chi connectivity index (χ4v) is 4.03. The van der Waals surface area contributed by atoms with E-state index in [0.29, 0.717) is 29.0 Å². The number of benzene rings is 2. The van der Waals surface area contributed by atoms with Gasteiger partial charge in [-0.15, -0.1) is 10.2 Å². The fourth-order valence-electron chi connectivity index (χ4n) is 3.10. The molecule has 0 saturated heterocycles. The van der Waals surface area contributed by atoms with Gasteiger partial charge in [-0.25, -0.2) is 4.98 Å². The normalized spacial score (nSPS) is 10.9. The van der Waals surface area contributed by atoms with Crippen molar-refractivity contribution < 1.29 is 0 Å². The summed E-state index contributed by atoms with van der Waals surface area (Å²) in [5.41, 5.74) is 1.58. The molecule has 0 spiro atoms. The molecule has 0 amide bonds. The Labute approximate surface area is 171 Å². The molecule has 29 heavy (non-hydrogen) atoms. The van der Waals surface area contributed by atoms with E-state index < -0.39 is 0 Å². The molecule has 0 saturated carbocycles. The average Bonchev–Trinajstić information content (AvgIpc) is 3.09. The highest BCUT2D eigenvalue weighted by Gasteiger charge is 2.14. The highest BCUT2D eigenvalue weighted by Crippen LogP contribution is 2.22. The minimum atomic E-state index is -0.199. The number of hydrogen-bond acceptors (Lipinski definition) is 6. The highest BCUT2D eigenvalue weighted by atomic mass is 32.2. The highest BCUT2D eigenvalue weighted by molar-refractivity contribution is 7.98. The molecule has 2 aromatic carbocycles. The van der Waals surface area contributed by atoms with Crippen LogP contribution in [0.25, 0.3) is 10.9 Å². The monoisotopic (exact) mass is 402 g/mol. The number of fused-ring (bicyclic) bond motifs is 1. The van der Waals surface area contributed by atoms with Gasteiger partial charge in [0.1, 0.15) is 18.2 Å². The largest absolute Gasteiger partial charge is 0.302 e. The Morgan fingerprint density at radius 2 is 1.79 bits per heavy atom. The van der Waals surface area contributed by atoms with Crippen LogP contribution in [0.5, 0.6) is 0 Å². The van der Waals surface area contributed by atoms with Crippen molar-refractivity contribution in [3.8, 4) is 6.07 Å². The van der Waals surface area contributed by atoms with Crippen molar-refractivity contribution in [3.63, 3.8) is 0 Å². The van der Waals surface area contributed by atoms with Crippen LogP contribution in [0, 0.1) is 18.3 Å². The third kappa shape index (κ3) is 3.91. The summed E-state index contributed by atoms with van der Waals surface area (Å²) < 4.78 is 3.47. The van der Waals surface area contributed by atoms with Crippen LogP contribution < -0.4 is 5.56 Å². The van der Waals surface area contributed by atoms with Crippen LogP contribution in [0.15, 0.2) is 64.5 Å². The van der Waals surface area contributed by atoms with Gasteiger partial charge in [0.15, 0.2) is 5.16 Å². The number of aryl methyl sites for hydroxylation is 1. The molecule has 8 heteroatoms. The van der Waals surface area contributed by atoms with Crippen LogP contribution in [0.2, 0.25) is 0 Å². The minimum absolute atomic E-state index is 0.0394. The van der Waals surface area contributed by atoms with Gasteiger partial charge < -0.3 is 4.57 Å². The summed E-state index contributed by atoms with van der Waals surface area (Å²) in [5, 5.41) is 18.9. The van der Waals surface area contributed by atoms with E-state index in [0.717, 1.165) is 16.5 Å². The molecule has 0 aliphatic rings. The first-order chi connectivity index (χ1) is 14.2. The number of rotatable bonds is 6. The molecule has 0 radical (unpaired) electrons. The second-order valence-electron chi connectivity index (χ2n) is 6.48. The van der Waals surface area contributed by atoms with Crippen molar-refractivity contribution >= 4 is 22.7 Å². The number of nitriles is 1. The Kier molecular flexibility index (Phi) is 5.40. The molecule has 0 fully saturated rings. The molecule has 4 aromatic rings. The van der Waals surface area contributed by atoms with Gasteiger partial charge >= 0.3 is 0 Å². The van der Waals surface area contributed by atoms with Gasteiger partial charge in [0.05, 0.1) is 29.3 Å². The lowest BCUT2D eigenvalue weighted by atomic mass is 10.2. The quantitative estimate of drug-likeness (QED) is 0.460. The maximum Gasteiger partial charge on any atom is 0.262 e. The molecule has 0 atom stereocenters. The molecule has 0 N–H and O–H groups in total. The van der Waals surface area contributed by atoms with Gasteiger partial charge in [0.25, 0.3) is 5.56 Å². The molecular formula is C21H18N6OS. The van der Waals surface area contributed by atoms with Crippen molar-refractivity contribution in [3.05, 3.63) is 82.2 Å². The SMILES string of the molecule is Cc1nnc(SCc2nc3ccccc3c(=O)n2CC#N)n1Cc1ccccc1. The van der Waals surface area contributed by atoms with Crippen LogP contribution in [0.1, 0.15) is 17.2 Å². The summed E-state index contributed by atoms with van der Waals surface area (Å²) in [6, 6.07) is 19.3. The van der Waals surface area contributed by atoms with Crippen molar-refractivity contribution in [2.75, 3.05) is 0 Å². The molecule has 7 nitrogen and oxygen atoms in total. The predicted octanol–water partition coefficient (Wildman–Crippen LogP) is 3.16. The lowest BCUT2D eigenvalue weighted by Crippen LogP contribution is -2.24. The van der Waals surface area contributed by atoms with E-state index in [1.165, 1.54) is 16.3 Å². The molecule has 144 valence electrons. The smallest absolute Gasteiger partial charge is 0.262 e. The number of nitrogens with zero attached hydrogens (tertiary/aromatic N) is 6. The molecule has 0 aliphatic carbocycles. The third-order valence-corrected chi connectivity index (χ3v) is 5.55. The molecule has 0 bridgehead atoms. The molecule has 0 aliphatic heterocycles. The van der Waals surface area contributed by atoms with Gasteiger partial charge in [-0.1, -0.05) is 54.2 Å². The van der Waals surface area contributed by atoms with Crippen molar-refractivity contribution in [1.29, 1.82) is 5.26 Å². The van der Waals surface area contributed by atoms with Gasteiger partial charge in [0.2, 0.25) is 0 Å². The first-order valence-corrected chi connectivity index (χ1v) is 10.1. The van der Waals surface area contributed by atoms with E-state index in [4.69, 9.17) is 5.26 Å². The van der Waals surface area contributed by atoms with Gasteiger partial charge in [-0.05, 0) is 24.6 Å². The summed E-state index contributed by atoms with van der Waals surface area (Å²) in [5.74, 6) is 1.78. The lowest BCUT2D eigenvalue weighted by Gasteiger charge is -2.11. The fraction of sp³-hybridized carbons (Fsp3) is 0.190. The predicted molar refractivity (Wildman–Crippen MR) is 111 cm³/mol. The van der Waals surface area contributed by atoms with Crippen LogP contribution in [-0.4, -0.2) is 24.3 Å². The van der Waals surface area contributed by atoms with Crippen LogP contribution in [0.4, 0.5) is 0 Å². The number of aromatic nitrogens is 5. The number of hydrogen-bond donors (Lipinski definition) is 0. The summed E-state index contributed by atoms with van der Waals surface area (Å²) in [6.07, 6.45) is 0. The first-order valence-electron chi connectivity index (χ1n) is 9.09. The summed E-state index contributed by atoms with van der Waals surface area (Å²) in [4.78, 5) is 17.4. The molecule has 0 unspecified atom stereocenters.